The first-order valence-electron chi connectivity index (χ1n) is 10.2. The maximum Gasteiger partial charge on any atom is 0.291 e. The van der Waals surface area contributed by atoms with E-state index in [2.05, 4.69) is 10.6 Å². The number of rotatable bonds is 5. The Balaban J connectivity index is 1.33. The van der Waals surface area contributed by atoms with Crippen molar-refractivity contribution in [1.82, 2.24) is 4.90 Å². The quantitative estimate of drug-likeness (QED) is 0.656. The first-order valence-corrected chi connectivity index (χ1v) is 10.2. The van der Waals surface area contributed by atoms with Gasteiger partial charge in [0.1, 0.15) is 0 Å². The Morgan fingerprint density at radius 2 is 1.58 bits per heavy atom. The Hall–Kier alpha value is -3.87. The van der Waals surface area contributed by atoms with Crippen molar-refractivity contribution in [2.24, 2.45) is 5.92 Å². The lowest BCUT2D eigenvalue weighted by atomic mass is 9.95. The zero-order valence-corrected chi connectivity index (χ0v) is 16.9. The van der Waals surface area contributed by atoms with Crippen LogP contribution >= 0.6 is 0 Å². The van der Waals surface area contributed by atoms with Gasteiger partial charge in [0.25, 0.3) is 11.8 Å². The van der Waals surface area contributed by atoms with E-state index < -0.39 is 0 Å². The van der Waals surface area contributed by atoms with Crippen molar-refractivity contribution < 1.29 is 18.8 Å². The second-order valence-corrected chi connectivity index (χ2v) is 7.43. The molecule has 3 aromatic rings. The summed E-state index contributed by atoms with van der Waals surface area (Å²) in [6.45, 7) is 1.02. The standard InChI is InChI=1S/C24H23N3O4/c28-22(25-19-7-2-1-3-8-19)17-11-13-27(14-12-17)24(30)18-6-4-9-20(16-18)26-23(29)21-10-5-15-31-21/h1-10,15-17H,11-14H2,(H,25,28)(H,26,29). The maximum atomic E-state index is 12.9. The number of benzene rings is 2. The minimum Gasteiger partial charge on any atom is -0.459 e. The molecule has 0 spiro atoms. The molecule has 7 nitrogen and oxygen atoms in total. The monoisotopic (exact) mass is 417 g/mol. The number of hydrogen-bond donors (Lipinski definition) is 2. The van der Waals surface area contributed by atoms with Crippen LogP contribution in [0, 0.1) is 5.92 Å². The lowest BCUT2D eigenvalue weighted by molar-refractivity contribution is -0.121. The molecule has 1 fully saturated rings. The van der Waals surface area contributed by atoms with Crippen LogP contribution in [0.2, 0.25) is 0 Å². The molecule has 0 bridgehead atoms. The number of anilines is 2. The molecule has 0 saturated carbocycles. The molecule has 31 heavy (non-hydrogen) atoms. The largest absolute Gasteiger partial charge is 0.459 e. The SMILES string of the molecule is O=C(Nc1cccc(C(=O)N2CCC(C(=O)Nc3ccccc3)CC2)c1)c1ccco1. The van der Waals surface area contributed by atoms with Gasteiger partial charge in [-0.05, 0) is 55.3 Å². The molecule has 158 valence electrons. The summed E-state index contributed by atoms with van der Waals surface area (Å²) in [5.74, 6) is -0.424. The Bertz CT molecular complexity index is 1060. The minimum absolute atomic E-state index is 0.0130. The van der Waals surface area contributed by atoms with Gasteiger partial charge in [-0.2, -0.15) is 0 Å². The van der Waals surface area contributed by atoms with Gasteiger partial charge >= 0.3 is 0 Å². The third-order valence-corrected chi connectivity index (χ3v) is 5.31. The molecule has 1 aliphatic heterocycles. The lowest BCUT2D eigenvalue weighted by Gasteiger charge is -2.31. The number of amides is 3. The first kappa shape index (κ1) is 20.4. The second-order valence-electron chi connectivity index (χ2n) is 7.43. The van der Waals surface area contributed by atoms with E-state index in [4.69, 9.17) is 4.42 Å². The van der Waals surface area contributed by atoms with Gasteiger partial charge in [0, 0.05) is 35.9 Å². The summed E-state index contributed by atoms with van der Waals surface area (Å²) >= 11 is 0. The van der Waals surface area contributed by atoms with E-state index in [0.29, 0.717) is 37.2 Å². The van der Waals surface area contributed by atoms with Crippen LogP contribution < -0.4 is 10.6 Å². The fraction of sp³-hybridized carbons (Fsp3) is 0.208. The number of para-hydroxylation sites is 1. The average molecular weight is 417 g/mol. The minimum atomic E-state index is -0.375. The van der Waals surface area contributed by atoms with Crippen LogP contribution in [0.5, 0.6) is 0 Å². The molecule has 7 heteroatoms. The van der Waals surface area contributed by atoms with Crippen LogP contribution in [-0.4, -0.2) is 35.7 Å². The number of furan rings is 1. The van der Waals surface area contributed by atoms with Crippen molar-refractivity contribution in [3.05, 3.63) is 84.3 Å². The Morgan fingerprint density at radius 3 is 2.29 bits per heavy atom. The van der Waals surface area contributed by atoms with E-state index in [0.717, 1.165) is 5.69 Å². The highest BCUT2D eigenvalue weighted by Crippen LogP contribution is 2.22. The summed E-state index contributed by atoms with van der Waals surface area (Å²) in [7, 11) is 0. The molecule has 2 N–H and O–H groups in total. The predicted molar refractivity (Wildman–Crippen MR) is 117 cm³/mol. The zero-order valence-electron chi connectivity index (χ0n) is 16.9. The summed E-state index contributed by atoms with van der Waals surface area (Å²) in [5, 5.41) is 5.67. The van der Waals surface area contributed by atoms with Crippen molar-refractivity contribution in [1.29, 1.82) is 0 Å². The fourth-order valence-electron chi connectivity index (χ4n) is 3.62. The molecule has 3 amide bonds. The third-order valence-electron chi connectivity index (χ3n) is 5.31. The van der Waals surface area contributed by atoms with Gasteiger partial charge in [0.15, 0.2) is 5.76 Å². The third kappa shape index (κ3) is 5.01. The van der Waals surface area contributed by atoms with Crippen molar-refractivity contribution in [3.63, 3.8) is 0 Å². The van der Waals surface area contributed by atoms with Gasteiger partial charge in [-0.1, -0.05) is 24.3 Å². The van der Waals surface area contributed by atoms with Crippen LogP contribution in [0.4, 0.5) is 11.4 Å². The van der Waals surface area contributed by atoms with Gasteiger partial charge in [-0.3, -0.25) is 14.4 Å². The van der Waals surface area contributed by atoms with E-state index in [1.807, 2.05) is 30.3 Å². The Kier molecular flexibility index (Phi) is 6.12. The maximum absolute atomic E-state index is 12.9. The summed E-state index contributed by atoms with van der Waals surface area (Å²) in [5.41, 5.74) is 1.79. The molecular formula is C24H23N3O4. The van der Waals surface area contributed by atoms with E-state index in [1.54, 1.807) is 41.3 Å². The van der Waals surface area contributed by atoms with Crippen molar-refractivity contribution in [2.75, 3.05) is 23.7 Å². The number of hydrogen-bond acceptors (Lipinski definition) is 4. The predicted octanol–water partition coefficient (Wildman–Crippen LogP) is 4.02. The molecule has 0 aliphatic carbocycles. The summed E-state index contributed by atoms with van der Waals surface area (Å²) in [6.07, 6.45) is 2.65. The molecule has 1 saturated heterocycles. The van der Waals surface area contributed by atoms with Crippen LogP contribution in [0.3, 0.4) is 0 Å². The topological polar surface area (TPSA) is 91.7 Å². The highest BCUT2D eigenvalue weighted by molar-refractivity contribution is 6.03. The van der Waals surface area contributed by atoms with Gasteiger partial charge in [-0.25, -0.2) is 0 Å². The molecule has 1 aromatic heterocycles. The Labute approximate surface area is 180 Å². The molecule has 2 heterocycles. The number of nitrogens with one attached hydrogen (secondary N) is 2. The van der Waals surface area contributed by atoms with Gasteiger partial charge < -0.3 is 20.0 Å². The number of nitrogens with zero attached hydrogens (tertiary/aromatic N) is 1. The summed E-state index contributed by atoms with van der Waals surface area (Å²) in [6, 6.07) is 19.4. The smallest absolute Gasteiger partial charge is 0.291 e. The number of carbonyl (C=O) groups excluding carboxylic acids is 3. The van der Waals surface area contributed by atoms with E-state index >= 15 is 0 Å². The molecule has 0 atom stereocenters. The molecule has 0 unspecified atom stereocenters. The molecule has 2 aromatic carbocycles. The highest BCUT2D eigenvalue weighted by atomic mass is 16.3. The zero-order chi connectivity index (χ0) is 21.6. The summed E-state index contributed by atoms with van der Waals surface area (Å²) in [4.78, 5) is 39.3. The molecule has 0 radical (unpaired) electrons. The van der Waals surface area contributed by atoms with Crippen molar-refractivity contribution >= 4 is 29.1 Å². The average Bonchev–Trinajstić information content (AvgIpc) is 3.35. The van der Waals surface area contributed by atoms with E-state index in [-0.39, 0.29) is 29.4 Å². The molecule has 1 aliphatic rings. The lowest BCUT2D eigenvalue weighted by Crippen LogP contribution is -2.41. The second kappa shape index (κ2) is 9.30. The fourth-order valence-corrected chi connectivity index (χ4v) is 3.62. The first-order chi connectivity index (χ1) is 15.1. The number of piperidine rings is 1. The molecular weight excluding hydrogens is 394 g/mol. The van der Waals surface area contributed by atoms with Gasteiger partial charge in [-0.15, -0.1) is 0 Å². The summed E-state index contributed by atoms with van der Waals surface area (Å²) < 4.78 is 5.09. The van der Waals surface area contributed by atoms with Crippen molar-refractivity contribution in [3.8, 4) is 0 Å². The molecule has 4 rings (SSSR count). The van der Waals surface area contributed by atoms with Gasteiger partial charge in [0.05, 0.1) is 6.26 Å². The van der Waals surface area contributed by atoms with Gasteiger partial charge in [0.2, 0.25) is 5.91 Å². The number of likely N-dealkylation sites (tertiary alicyclic amines) is 1. The van der Waals surface area contributed by atoms with E-state index in [9.17, 15) is 14.4 Å². The number of carbonyl (C=O) groups is 3. The van der Waals surface area contributed by atoms with Crippen LogP contribution in [0.25, 0.3) is 0 Å². The Morgan fingerprint density at radius 1 is 0.839 bits per heavy atom. The highest BCUT2D eigenvalue weighted by Gasteiger charge is 2.28. The van der Waals surface area contributed by atoms with Crippen LogP contribution in [0.1, 0.15) is 33.8 Å². The normalized spacial score (nSPS) is 14.1. The van der Waals surface area contributed by atoms with Crippen molar-refractivity contribution in [2.45, 2.75) is 12.8 Å². The van der Waals surface area contributed by atoms with E-state index in [1.165, 1.54) is 6.26 Å². The van der Waals surface area contributed by atoms with Crippen LogP contribution in [0.15, 0.2) is 77.4 Å². The van der Waals surface area contributed by atoms with Crippen LogP contribution in [-0.2, 0) is 4.79 Å².